The van der Waals surface area contributed by atoms with Gasteiger partial charge in [-0.3, -0.25) is 0 Å². The van der Waals surface area contributed by atoms with E-state index < -0.39 is 10.0 Å². The largest absolute Gasteiger partial charge is 0.317 e. The Balaban J connectivity index is 2.35. The van der Waals surface area contributed by atoms with E-state index in [1.165, 1.54) is 0 Å². The third-order valence-corrected chi connectivity index (χ3v) is 6.26. The minimum absolute atomic E-state index is 0.0321. The predicted molar refractivity (Wildman–Crippen MR) is 86.2 cm³/mol. The zero-order chi connectivity index (χ0) is 15.6. The molecule has 1 aliphatic heterocycles. The van der Waals surface area contributed by atoms with Gasteiger partial charge in [0.25, 0.3) is 0 Å². The lowest BCUT2D eigenvalue weighted by Crippen LogP contribution is -2.36. The Morgan fingerprint density at radius 2 is 1.67 bits per heavy atom. The third kappa shape index (κ3) is 3.65. The fourth-order valence-electron chi connectivity index (χ4n) is 3.00. The van der Waals surface area contributed by atoms with Crippen LogP contribution >= 0.6 is 0 Å². The zero-order valence-corrected chi connectivity index (χ0v) is 14.2. The van der Waals surface area contributed by atoms with Crippen LogP contribution in [0.4, 0.5) is 0 Å². The van der Waals surface area contributed by atoms with Crippen LogP contribution in [0.5, 0.6) is 0 Å². The quantitative estimate of drug-likeness (QED) is 0.901. The average Bonchev–Trinajstić information content (AvgIpc) is 2.64. The van der Waals surface area contributed by atoms with Crippen molar-refractivity contribution in [1.29, 1.82) is 0 Å². The smallest absolute Gasteiger partial charge is 0.241 e. The molecule has 1 fully saturated rings. The van der Waals surface area contributed by atoms with Gasteiger partial charge in [0, 0.05) is 6.04 Å². The molecule has 2 rings (SSSR count). The number of aryl methyl sites for hydroxylation is 2. The van der Waals surface area contributed by atoms with Crippen LogP contribution in [-0.2, 0) is 10.0 Å². The summed E-state index contributed by atoms with van der Waals surface area (Å²) in [6.45, 7) is 9.57. The van der Waals surface area contributed by atoms with Crippen molar-refractivity contribution >= 4 is 10.0 Å². The fourth-order valence-corrected chi connectivity index (χ4v) is 4.92. The van der Waals surface area contributed by atoms with Gasteiger partial charge in [-0.1, -0.05) is 6.07 Å². The Hall–Kier alpha value is -0.910. The van der Waals surface area contributed by atoms with E-state index in [4.69, 9.17) is 0 Å². The van der Waals surface area contributed by atoms with Crippen molar-refractivity contribution in [2.75, 3.05) is 13.1 Å². The molecule has 1 saturated heterocycles. The maximum atomic E-state index is 12.8. The van der Waals surface area contributed by atoms with Gasteiger partial charge in [-0.2, -0.15) is 0 Å². The van der Waals surface area contributed by atoms with Crippen LogP contribution in [0.2, 0.25) is 0 Å². The van der Waals surface area contributed by atoms with Crippen LogP contribution < -0.4 is 10.0 Å². The van der Waals surface area contributed by atoms with Crippen LogP contribution in [0.3, 0.4) is 0 Å². The summed E-state index contributed by atoms with van der Waals surface area (Å²) in [4.78, 5) is 0.470. The number of hydrogen-bond acceptors (Lipinski definition) is 3. The first-order valence-electron chi connectivity index (χ1n) is 7.63. The minimum Gasteiger partial charge on any atom is -0.317 e. The Morgan fingerprint density at radius 3 is 2.29 bits per heavy atom. The van der Waals surface area contributed by atoms with E-state index in [9.17, 15) is 8.42 Å². The van der Waals surface area contributed by atoms with Gasteiger partial charge < -0.3 is 5.32 Å². The molecular weight excluding hydrogens is 284 g/mol. The maximum absolute atomic E-state index is 12.8. The first-order valence-corrected chi connectivity index (χ1v) is 9.11. The molecule has 0 aliphatic carbocycles. The number of rotatable bonds is 3. The molecule has 1 aliphatic rings. The normalized spacial score (nSPS) is 20.3. The van der Waals surface area contributed by atoms with Crippen molar-refractivity contribution in [3.63, 3.8) is 0 Å². The highest BCUT2D eigenvalue weighted by Gasteiger charge is 2.25. The molecule has 0 amide bonds. The minimum atomic E-state index is -3.46. The topological polar surface area (TPSA) is 58.2 Å². The molecule has 2 N–H and O–H groups in total. The summed E-state index contributed by atoms with van der Waals surface area (Å²) in [5.41, 5.74) is 3.77. The van der Waals surface area contributed by atoms with Crippen molar-refractivity contribution < 1.29 is 8.42 Å². The molecule has 1 atom stereocenters. The summed E-state index contributed by atoms with van der Waals surface area (Å²) in [5.74, 6) is 0. The number of nitrogens with one attached hydrogen (secondary N) is 2. The van der Waals surface area contributed by atoms with Gasteiger partial charge in [0.1, 0.15) is 0 Å². The lowest BCUT2D eigenvalue weighted by atomic mass is 10.0. The van der Waals surface area contributed by atoms with Crippen molar-refractivity contribution in [2.45, 2.75) is 57.9 Å². The molecule has 118 valence electrons. The van der Waals surface area contributed by atoms with Crippen molar-refractivity contribution in [2.24, 2.45) is 0 Å². The Labute approximate surface area is 128 Å². The number of sulfonamides is 1. The van der Waals surface area contributed by atoms with E-state index in [1.54, 1.807) is 0 Å². The van der Waals surface area contributed by atoms with Crippen LogP contribution in [-0.4, -0.2) is 27.5 Å². The van der Waals surface area contributed by atoms with E-state index in [1.807, 2.05) is 27.7 Å². The SMILES string of the molecule is Cc1cc(C)c(C)c(S(=O)(=O)NC2CCCNCC2)c1C. The average molecular weight is 310 g/mol. The molecule has 1 aromatic carbocycles. The molecule has 0 saturated carbocycles. The van der Waals surface area contributed by atoms with E-state index in [2.05, 4.69) is 16.1 Å². The molecule has 0 bridgehead atoms. The van der Waals surface area contributed by atoms with Crippen LogP contribution in [0.25, 0.3) is 0 Å². The van der Waals surface area contributed by atoms with E-state index in [0.717, 1.165) is 54.6 Å². The summed E-state index contributed by atoms with van der Waals surface area (Å²) < 4.78 is 28.6. The molecular formula is C16H26N2O2S. The predicted octanol–water partition coefficient (Wildman–Crippen LogP) is 2.34. The van der Waals surface area contributed by atoms with Gasteiger partial charge in [-0.15, -0.1) is 0 Å². The second-order valence-electron chi connectivity index (χ2n) is 6.09. The zero-order valence-electron chi connectivity index (χ0n) is 13.4. The number of benzene rings is 1. The molecule has 21 heavy (non-hydrogen) atoms. The Morgan fingerprint density at radius 1 is 1.05 bits per heavy atom. The highest BCUT2D eigenvalue weighted by Crippen LogP contribution is 2.26. The highest BCUT2D eigenvalue weighted by atomic mass is 32.2. The van der Waals surface area contributed by atoms with E-state index >= 15 is 0 Å². The van der Waals surface area contributed by atoms with Gasteiger partial charge in [0.2, 0.25) is 10.0 Å². The van der Waals surface area contributed by atoms with E-state index in [-0.39, 0.29) is 6.04 Å². The molecule has 0 aromatic heterocycles. The molecule has 5 heteroatoms. The van der Waals surface area contributed by atoms with Crippen LogP contribution in [0.15, 0.2) is 11.0 Å². The van der Waals surface area contributed by atoms with Crippen molar-refractivity contribution in [1.82, 2.24) is 10.0 Å². The van der Waals surface area contributed by atoms with Crippen LogP contribution in [0, 0.1) is 27.7 Å². The third-order valence-electron chi connectivity index (χ3n) is 4.46. The first kappa shape index (κ1) is 16.5. The van der Waals surface area contributed by atoms with Crippen LogP contribution in [0.1, 0.15) is 41.5 Å². The lowest BCUT2D eigenvalue weighted by Gasteiger charge is -2.20. The fraction of sp³-hybridized carbons (Fsp3) is 0.625. The Bertz CT molecular complexity index is 589. The summed E-state index contributed by atoms with van der Waals surface area (Å²) in [7, 11) is -3.46. The van der Waals surface area contributed by atoms with Crippen molar-refractivity contribution in [3.8, 4) is 0 Å². The lowest BCUT2D eigenvalue weighted by molar-refractivity contribution is 0.517. The summed E-state index contributed by atoms with van der Waals surface area (Å²) in [5, 5.41) is 3.31. The summed E-state index contributed by atoms with van der Waals surface area (Å²) in [6, 6.07) is 2.09. The van der Waals surface area contributed by atoms with Gasteiger partial charge >= 0.3 is 0 Å². The molecule has 0 radical (unpaired) electrons. The standard InChI is InChI=1S/C16H26N2O2S/c1-11-10-12(2)14(4)16(13(11)3)21(19,20)18-15-6-5-8-17-9-7-15/h10,15,17-18H,5-9H2,1-4H3. The van der Waals surface area contributed by atoms with Gasteiger partial charge in [-0.25, -0.2) is 13.1 Å². The van der Waals surface area contributed by atoms with Crippen molar-refractivity contribution in [3.05, 3.63) is 28.3 Å². The summed E-state index contributed by atoms with van der Waals surface area (Å²) >= 11 is 0. The molecule has 1 unspecified atom stereocenters. The second-order valence-corrected chi connectivity index (χ2v) is 7.74. The van der Waals surface area contributed by atoms with E-state index in [0.29, 0.717) is 4.90 Å². The van der Waals surface area contributed by atoms with Gasteiger partial charge in [0.05, 0.1) is 4.90 Å². The molecule has 1 heterocycles. The Kier molecular flexibility index (Phi) is 5.07. The monoisotopic (exact) mass is 310 g/mol. The first-order chi connectivity index (χ1) is 9.83. The summed E-state index contributed by atoms with van der Waals surface area (Å²) in [6.07, 6.45) is 2.76. The van der Waals surface area contributed by atoms with Gasteiger partial charge in [0.15, 0.2) is 0 Å². The maximum Gasteiger partial charge on any atom is 0.241 e. The number of hydrogen-bond donors (Lipinski definition) is 2. The molecule has 0 spiro atoms. The highest BCUT2D eigenvalue weighted by molar-refractivity contribution is 7.89. The second kappa shape index (κ2) is 6.46. The molecule has 1 aromatic rings. The molecule has 4 nitrogen and oxygen atoms in total. The van der Waals surface area contributed by atoms with Gasteiger partial charge in [-0.05, 0) is 82.3 Å².